The first-order chi connectivity index (χ1) is 14.2. The molecule has 4 atom stereocenters. The van der Waals surface area contributed by atoms with Crippen LogP contribution in [0.4, 0.5) is 0 Å². The molecule has 8 nitrogen and oxygen atoms in total. The molecule has 2 aliphatic rings. The Hall–Kier alpha value is -2.49. The molecule has 4 rings (SSSR count). The van der Waals surface area contributed by atoms with Crippen molar-refractivity contribution in [1.29, 1.82) is 0 Å². The lowest BCUT2D eigenvalue weighted by Gasteiger charge is -2.37. The molecule has 2 bridgehead atoms. The number of aliphatic hydroxyl groups is 1. The number of sulfonamides is 1. The summed E-state index contributed by atoms with van der Waals surface area (Å²) in [6.45, 7) is 1.56. The molecule has 1 aromatic carbocycles. The third-order valence-corrected chi connectivity index (χ3v) is 8.06. The predicted molar refractivity (Wildman–Crippen MR) is 110 cm³/mol. The normalized spacial score (nSPS) is 25.7. The summed E-state index contributed by atoms with van der Waals surface area (Å²) in [5.41, 5.74) is 1.03. The van der Waals surface area contributed by atoms with Crippen LogP contribution in [-0.4, -0.2) is 59.9 Å². The molecular weight excluding hydrogens is 406 g/mol. The number of nitrogens with zero attached hydrogens (tertiary/aromatic N) is 3. The number of pyridine rings is 1. The number of carbonyl (C=O) groups is 1. The molecule has 160 valence electrons. The average Bonchev–Trinajstić information content (AvgIpc) is 2.95. The van der Waals surface area contributed by atoms with Crippen molar-refractivity contribution in [2.24, 2.45) is 11.8 Å². The number of benzene rings is 1. The van der Waals surface area contributed by atoms with Crippen LogP contribution in [0.5, 0.6) is 0 Å². The van der Waals surface area contributed by atoms with Gasteiger partial charge in [-0.15, -0.1) is 0 Å². The van der Waals surface area contributed by atoms with Gasteiger partial charge in [-0.05, 0) is 30.7 Å². The minimum Gasteiger partial charge on any atom is -0.396 e. The molecule has 0 spiro atoms. The molecule has 0 radical (unpaired) electrons. The Morgan fingerprint density at radius 1 is 1.20 bits per heavy atom. The van der Waals surface area contributed by atoms with Gasteiger partial charge in [-0.25, -0.2) is 8.42 Å². The molecule has 1 saturated heterocycles. The molecule has 1 N–H and O–H groups in total. The molecule has 2 aliphatic heterocycles. The number of rotatable bonds is 4. The Bertz CT molecular complexity index is 1160. The largest absolute Gasteiger partial charge is 0.396 e. The van der Waals surface area contributed by atoms with Crippen molar-refractivity contribution in [2.75, 3.05) is 20.7 Å². The van der Waals surface area contributed by atoms with Crippen LogP contribution in [-0.2, 0) is 21.4 Å². The molecule has 1 fully saturated rings. The smallest absolute Gasteiger partial charge is 0.250 e. The zero-order valence-electron chi connectivity index (χ0n) is 17.1. The highest BCUT2D eigenvalue weighted by Crippen LogP contribution is 2.51. The summed E-state index contributed by atoms with van der Waals surface area (Å²) in [4.78, 5) is 27.2. The molecule has 9 heteroatoms. The van der Waals surface area contributed by atoms with Crippen LogP contribution >= 0.6 is 0 Å². The maximum Gasteiger partial charge on any atom is 0.250 e. The van der Waals surface area contributed by atoms with E-state index in [2.05, 4.69) is 0 Å². The van der Waals surface area contributed by atoms with E-state index in [9.17, 15) is 23.1 Å². The van der Waals surface area contributed by atoms with Crippen LogP contribution in [0.1, 0.15) is 17.3 Å². The van der Waals surface area contributed by atoms with E-state index < -0.39 is 33.9 Å². The highest BCUT2D eigenvalue weighted by atomic mass is 32.2. The highest BCUT2D eigenvalue weighted by Gasteiger charge is 2.60. The molecule has 0 unspecified atom stereocenters. The van der Waals surface area contributed by atoms with Gasteiger partial charge < -0.3 is 14.6 Å². The van der Waals surface area contributed by atoms with Gasteiger partial charge in [0.15, 0.2) is 0 Å². The molecule has 30 heavy (non-hydrogen) atoms. The number of fused-ring (bicyclic) bond motifs is 4. The maximum absolute atomic E-state index is 13.7. The van der Waals surface area contributed by atoms with E-state index >= 15 is 0 Å². The van der Waals surface area contributed by atoms with Crippen LogP contribution < -0.4 is 5.56 Å². The van der Waals surface area contributed by atoms with E-state index in [0.717, 1.165) is 5.56 Å². The van der Waals surface area contributed by atoms with Gasteiger partial charge in [0, 0.05) is 51.0 Å². The summed E-state index contributed by atoms with van der Waals surface area (Å²) < 4.78 is 30.3. The SMILES string of the molecule is Cc1cccc(S(=O)(=O)N2[C@@H]3Cn4c(cccc4=O)[C@H]2[C@@H](C(=O)N(C)C)[C@@H]3CO)c1. The summed E-state index contributed by atoms with van der Waals surface area (Å²) in [5, 5.41) is 10.2. The van der Waals surface area contributed by atoms with E-state index in [1.54, 1.807) is 38.4 Å². The summed E-state index contributed by atoms with van der Waals surface area (Å²) in [6, 6.07) is 9.74. The Balaban J connectivity index is 1.96. The minimum atomic E-state index is -3.98. The summed E-state index contributed by atoms with van der Waals surface area (Å²) in [6.07, 6.45) is 0. The van der Waals surface area contributed by atoms with Crippen molar-refractivity contribution in [3.8, 4) is 0 Å². The van der Waals surface area contributed by atoms with Gasteiger partial charge in [-0.3, -0.25) is 9.59 Å². The fourth-order valence-corrected chi connectivity index (χ4v) is 6.76. The number of amides is 1. The third kappa shape index (κ3) is 3.00. The van der Waals surface area contributed by atoms with Crippen LogP contribution in [0.25, 0.3) is 0 Å². The molecule has 0 saturated carbocycles. The minimum absolute atomic E-state index is 0.0962. The van der Waals surface area contributed by atoms with Crippen LogP contribution in [0, 0.1) is 18.8 Å². The van der Waals surface area contributed by atoms with E-state index in [1.807, 2.05) is 13.0 Å². The monoisotopic (exact) mass is 431 g/mol. The lowest BCUT2D eigenvalue weighted by molar-refractivity contribution is -0.135. The molecule has 3 heterocycles. The summed E-state index contributed by atoms with van der Waals surface area (Å²) in [5.74, 6) is -1.68. The van der Waals surface area contributed by atoms with Crippen LogP contribution in [0.15, 0.2) is 52.2 Å². The molecule has 1 amide bonds. The van der Waals surface area contributed by atoms with Gasteiger partial charge >= 0.3 is 0 Å². The Kier molecular flexibility index (Phi) is 5.08. The zero-order chi connectivity index (χ0) is 21.8. The van der Waals surface area contributed by atoms with Crippen molar-refractivity contribution in [2.45, 2.75) is 30.4 Å². The van der Waals surface area contributed by atoms with Crippen LogP contribution in [0.3, 0.4) is 0 Å². The van der Waals surface area contributed by atoms with Gasteiger partial charge in [-0.1, -0.05) is 18.2 Å². The molecular formula is C21H25N3O5S. The fraction of sp³-hybridized carbons (Fsp3) is 0.429. The van der Waals surface area contributed by atoms with Crippen molar-refractivity contribution in [3.63, 3.8) is 0 Å². The van der Waals surface area contributed by atoms with Gasteiger partial charge in [0.05, 0.1) is 16.9 Å². The summed E-state index contributed by atoms with van der Waals surface area (Å²) >= 11 is 0. The summed E-state index contributed by atoms with van der Waals surface area (Å²) in [7, 11) is -0.760. The Labute approximate surface area is 175 Å². The van der Waals surface area contributed by atoms with Crippen molar-refractivity contribution in [3.05, 3.63) is 64.1 Å². The predicted octanol–water partition coefficient (Wildman–Crippen LogP) is 0.597. The Morgan fingerprint density at radius 2 is 1.90 bits per heavy atom. The third-order valence-electron chi connectivity index (χ3n) is 6.15. The quantitative estimate of drug-likeness (QED) is 0.764. The number of hydrogen-bond donors (Lipinski definition) is 1. The first-order valence-electron chi connectivity index (χ1n) is 9.80. The zero-order valence-corrected chi connectivity index (χ0v) is 17.9. The van der Waals surface area contributed by atoms with Crippen molar-refractivity contribution >= 4 is 15.9 Å². The molecule has 1 aromatic heterocycles. The second-order valence-corrected chi connectivity index (χ2v) is 10.0. The highest BCUT2D eigenvalue weighted by molar-refractivity contribution is 7.89. The number of aryl methyl sites for hydroxylation is 1. The second-order valence-electron chi connectivity index (χ2n) is 8.17. The van der Waals surface area contributed by atoms with Crippen molar-refractivity contribution in [1.82, 2.24) is 13.8 Å². The van der Waals surface area contributed by atoms with E-state index in [0.29, 0.717) is 5.69 Å². The van der Waals surface area contributed by atoms with Gasteiger partial charge in [0.1, 0.15) is 0 Å². The van der Waals surface area contributed by atoms with Gasteiger partial charge in [0.2, 0.25) is 15.9 Å². The number of aromatic nitrogens is 1. The first kappa shape index (κ1) is 20.8. The fourth-order valence-electron chi connectivity index (χ4n) is 4.81. The first-order valence-corrected chi connectivity index (χ1v) is 11.2. The standard InChI is InChI=1S/C21H25N3O5S/c1-13-6-4-7-14(10-13)30(28,29)24-17-11-23-16(8-5-9-18(23)26)20(24)19(15(17)12-25)21(27)22(2)3/h4-10,15,17,19-20,25H,11-12H2,1-3H3/t15-,17-,19+,20+/m1/s1. The maximum atomic E-state index is 13.7. The van der Waals surface area contributed by atoms with E-state index in [1.165, 1.54) is 25.9 Å². The van der Waals surface area contributed by atoms with E-state index in [4.69, 9.17) is 0 Å². The number of hydrogen-bond acceptors (Lipinski definition) is 5. The average molecular weight is 432 g/mol. The van der Waals surface area contributed by atoms with Gasteiger partial charge in [-0.2, -0.15) is 4.31 Å². The lowest BCUT2D eigenvalue weighted by atomic mass is 9.86. The number of carbonyl (C=O) groups excluding carboxylic acids is 1. The molecule has 2 aromatic rings. The van der Waals surface area contributed by atoms with Gasteiger partial charge in [0.25, 0.3) is 5.56 Å². The molecule has 0 aliphatic carbocycles. The lowest BCUT2D eigenvalue weighted by Crippen LogP contribution is -2.48. The Morgan fingerprint density at radius 3 is 2.53 bits per heavy atom. The van der Waals surface area contributed by atoms with E-state index in [-0.39, 0.29) is 29.5 Å². The van der Waals surface area contributed by atoms with Crippen molar-refractivity contribution < 1.29 is 18.3 Å². The topological polar surface area (TPSA) is 99.9 Å². The number of aliphatic hydroxyl groups excluding tert-OH is 1. The van der Waals surface area contributed by atoms with Crippen LogP contribution in [0.2, 0.25) is 0 Å². The second kappa shape index (κ2) is 7.33.